The topological polar surface area (TPSA) is 126 Å². The van der Waals surface area contributed by atoms with Gasteiger partial charge in [-0.1, -0.05) is 61.5 Å². The van der Waals surface area contributed by atoms with E-state index in [1.807, 2.05) is 68.4 Å². The van der Waals surface area contributed by atoms with Gasteiger partial charge in [0.15, 0.2) is 0 Å². The number of nitrogens with zero attached hydrogens (tertiary/aromatic N) is 1. The first kappa shape index (κ1) is 31.5. The van der Waals surface area contributed by atoms with Crippen LogP contribution in [0.4, 0.5) is 0 Å². The first-order valence-electron chi connectivity index (χ1n) is 15.4. The third-order valence-electron chi connectivity index (χ3n) is 8.37. The number of aromatic nitrogens is 1. The number of nitrogens with two attached hydrogens (primary N) is 1. The maximum atomic E-state index is 13.4. The van der Waals surface area contributed by atoms with Crippen LogP contribution >= 0.6 is 0 Å². The van der Waals surface area contributed by atoms with Crippen molar-refractivity contribution in [1.29, 1.82) is 0 Å². The second kappa shape index (κ2) is 13.4. The van der Waals surface area contributed by atoms with Gasteiger partial charge >= 0.3 is 11.9 Å². The van der Waals surface area contributed by atoms with Gasteiger partial charge in [-0.2, -0.15) is 0 Å². The van der Waals surface area contributed by atoms with E-state index in [-0.39, 0.29) is 23.4 Å². The molecule has 5 rings (SSSR count). The Hall–Kier alpha value is -4.92. The van der Waals surface area contributed by atoms with Crippen molar-refractivity contribution in [3.8, 4) is 16.9 Å². The Balaban J connectivity index is 1.65. The van der Waals surface area contributed by atoms with E-state index in [0.717, 1.165) is 35.2 Å². The van der Waals surface area contributed by atoms with Gasteiger partial charge in [-0.05, 0) is 80.3 Å². The highest BCUT2D eigenvalue weighted by atomic mass is 16.6. The number of Topliss-reactive ketones (excluding diaryl/α,β-unsaturated/α-hetero) is 1. The smallest absolute Gasteiger partial charge is 0.359 e. The number of ether oxygens (including phenoxy) is 3. The number of fused-ring (bicyclic) bond motifs is 1. The summed E-state index contributed by atoms with van der Waals surface area (Å²) in [4.78, 5) is 52.3. The van der Waals surface area contributed by atoms with Crippen LogP contribution in [-0.4, -0.2) is 46.3 Å². The van der Waals surface area contributed by atoms with Gasteiger partial charge < -0.3 is 24.3 Å². The first-order valence-corrected chi connectivity index (χ1v) is 15.4. The van der Waals surface area contributed by atoms with Crippen LogP contribution in [0.25, 0.3) is 16.6 Å². The molecule has 4 aromatic rings. The van der Waals surface area contributed by atoms with Gasteiger partial charge in [0.1, 0.15) is 11.4 Å². The molecule has 2 aromatic carbocycles. The molecule has 45 heavy (non-hydrogen) atoms. The van der Waals surface area contributed by atoms with Crippen molar-refractivity contribution >= 4 is 29.1 Å². The molecule has 0 saturated heterocycles. The van der Waals surface area contributed by atoms with E-state index >= 15 is 0 Å². The Morgan fingerprint density at radius 1 is 0.911 bits per heavy atom. The molecule has 1 aliphatic rings. The van der Waals surface area contributed by atoms with Gasteiger partial charge in [-0.25, -0.2) is 9.59 Å². The number of amides is 1. The highest BCUT2D eigenvalue weighted by molar-refractivity contribution is 6.44. The lowest BCUT2D eigenvalue weighted by molar-refractivity contribution is -0.175. The van der Waals surface area contributed by atoms with E-state index < -0.39 is 35.3 Å². The number of ketones is 1. The summed E-state index contributed by atoms with van der Waals surface area (Å²) in [5.41, 5.74) is 9.58. The Bertz CT molecular complexity index is 1740. The van der Waals surface area contributed by atoms with Crippen LogP contribution < -0.4 is 10.5 Å². The molecule has 1 aliphatic carbocycles. The average Bonchev–Trinajstić information content (AvgIpc) is 3.61. The fourth-order valence-electron chi connectivity index (χ4n) is 6.24. The van der Waals surface area contributed by atoms with E-state index in [0.29, 0.717) is 31.2 Å². The number of benzene rings is 2. The lowest BCUT2D eigenvalue weighted by Crippen LogP contribution is -2.42. The second-order valence-electron chi connectivity index (χ2n) is 11.5. The third-order valence-corrected chi connectivity index (χ3v) is 8.37. The zero-order valence-corrected chi connectivity index (χ0v) is 25.8. The van der Waals surface area contributed by atoms with Crippen LogP contribution in [0.2, 0.25) is 0 Å². The summed E-state index contributed by atoms with van der Waals surface area (Å²) in [5, 5.41) is 0. The predicted molar refractivity (Wildman–Crippen MR) is 169 cm³/mol. The quantitative estimate of drug-likeness (QED) is 0.0956. The van der Waals surface area contributed by atoms with E-state index in [9.17, 15) is 19.2 Å². The minimum atomic E-state index is -1.74. The zero-order valence-electron chi connectivity index (χ0n) is 25.8. The van der Waals surface area contributed by atoms with Gasteiger partial charge in [0, 0.05) is 18.3 Å². The van der Waals surface area contributed by atoms with E-state index in [1.54, 1.807) is 29.7 Å². The number of rotatable bonds is 12. The molecule has 1 unspecified atom stereocenters. The minimum absolute atomic E-state index is 0.0228. The van der Waals surface area contributed by atoms with Gasteiger partial charge in [0.05, 0.1) is 17.7 Å². The molecule has 2 aromatic heterocycles. The first-order chi connectivity index (χ1) is 21.7. The lowest BCUT2D eigenvalue weighted by Gasteiger charge is -2.26. The summed E-state index contributed by atoms with van der Waals surface area (Å²) in [6.45, 7) is 5.38. The zero-order chi connectivity index (χ0) is 32.1. The molecule has 1 atom stereocenters. The van der Waals surface area contributed by atoms with E-state index in [2.05, 4.69) is 0 Å². The Morgan fingerprint density at radius 3 is 2.27 bits per heavy atom. The number of hydrogen-bond donors (Lipinski definition) is 1. The van der Waals surface area contributed by atoms with Crippen molar-refractivity contribution in [2.75, 3.05) is 6.61 Å². The highest BCUT2D eigenvalue weighted by Gasteiger charge is 2.40. The van der Waals surface area contributed by atoms with Gasteiger partial charge in [-0.3, -0.25) is 9.59 Å². The Kier molecular flexibility index (Phi) is 9.37. The van der Waals surface area contributed by atoms with Gasteiger partial charge in [0.2, 0.25) is 0 Å². The van der Waals surface area contributed by atoms with Crippen molar-refractivity contribution in [3.63, 3.8) is 0 Å². The molecule has 2 N–H and O–H groups in total. The van der Waals surface area contributed by atoms with Crippen molar-refractivity contribution < 1.29 is 33.4 Å². The predicted octanol–water partition coefficient (Wildman–Crippen LogP) is 5.61. The maximum absolute atomic E-state index is 13.4. The molecule has 0 radical (unpaired) electrons. The molecule has 9 heteroatoms. The molecule has 1 fully saturated rings. The monoisotopic (exact) mass is 610 g/mol. The van der Waals surface area contributed by atoms with Gasteiger partial charge in [-0.15, -0.1) is 0 Å². The number of carbonyl (C=O) groups excluding carboxylic acids is 4. The Labute approximate surface area is 262 Å². The minimum Gasteiger partial charge on any atom is -0.465 e. The fourth-order valence-corrected chi connectivity index (χ4v) is 6.24. The summed E-state index contributed by atoms with van der Waals surface area (Å²) in [6.07, 6.45) is 4.00. The van der Waals surface area contributed by atoms with Crippen LogP contribution in [0.15, 0.2) is 72.9 Å². The molecule has 0 spiro atoms. The Morgan fingerprint density at radius 2 is 1.60 bits per heavy atom. The molecule has 1 amide bonds. The molecular weight excluding hydrogens is 572 g/mol. The van der Waals surface area contributed by atoms with Gasteiger partial charge in [0.25, 0.3) is 17.8 Å². The second-order valence-corrected chi connectivity index (χ2v) is 11.5. The number of primary amides is 1. The summed E-state index contributed by atoms with van der Waals surface area (Å²) < 4.78 is 18.9. The highest BCUT2D eigenvalue weighted by Crippen LogP contribution is 2.37. The summed E-state index contributed by atoms with van der Waals surface area (Å²) in [5.74, 6) is -3.75. The average molecular weight is 611 g/mol. The maximum Gasteiger partial charge on any atom is 0.359 e. The molecule has 234 valence electrons. The number of pyridine rings is 1. The summed E-state index contributed by atoms with van der Waals surface area (Å²) in [6, 6.07) is 21.2. The largest absolute Gasteiger partial charge is 0.465 e. The standard InChI is InChI=1S/C36H38N2O7/c1-4-25-27(22-24-16-9-10-17-26(24)23-14-7-6-8-15-23)38-21-13-18-28(30(38)29(25)31(39)33(37)40)44-32(34(41)43-5-2)35(42)45-36(3)19-11-12-20-36/h6-10,13-18,21,32H,4-5,11-12,19-20,22H2,1-3H3,(H2,37,40). The molecular formula is C36H38N2O7. The van der Waals surface area contributed by atoms with Crippen LogP contribution in [0, 0.1) is 0 Å². The van der Waals surface area contributed by atoms with Crippen LogP contribution in [0.5, 0.6) is 5.75 Å². The van der Waals surface area contributed by atoms with Crippen LogP contribution in [0.3, 0.4) is 0 Å². The molecule has 2 heterocycles. The van der Waals surface area contributed by atoms with Crippen molar-refractivity contribution in [2.24, 2.45) is 5.73 Å². The van der Waals surface area contributed by atoms with Crippen molar-refractivity contribution in [3.05, 3.63) is 95.3 Å². The number of esters is 2. The van der Waals surface area contributed by atoms with E-state index in [4.69, 9.17) is 19.9 Å². The number of carbonyl (C=O) groups is 4. The fraction of sp³-hybridized carbons (Fsp3) is 0.333. The molecule has 1 saturated carbocycles. The molecule has 9 nitrogen and oxygen atoms in total. The number of hydrogen-bond acceptors (Lipinski definition) is 7. The van der Waals surface area contributed by atoms with Crippen molar-refractivity contribution in [2.45, 2.75) is 71.0 Å². The molecule has 0 bridgehead atoms. The van der Waals surface area contributed by atoms with Crippen LogP contribution in [-0.2, 0) is 36.7 Å². The summed E-state index contributed by atoms with van der Waals surface area (Å²) in [7, 11) is 0. The lowest BCUT2D eigenvalue weighted by atomic mass is 9.94. The molecule has 0 aliphatic heterocycles. The van der Waals surface area contributed by atoms with E-state index in [1.165, 1.54) is 0 Å². The van der Waals surface area contributed by atoms with Crippen molar-refractivity contribution in [1.82, 2.24) is 4.40 Å². The third kappa shape index (κ3) is 6.48. The van der Waals surface area contributed by atoms with Crippen LogP contribution in [0.1, 0.15) is 73.6 Å². The SMILES string of the molecule is CCOC(=O)C(Oc1cccn2c(Cc3ccccc3-c3ccccc3)c(CC)c(C(=O)C(N)=O)c12)C(=O)OC1(C)CCCC1. The normalized spacial score (nSPS) is 14.6. The summed E-state index contributed by atoms with van der Waals surface area (Å²) >= 11 is 0.